The summed E-state index contributed by atoms with van der Waals surface area (Å²) in [5.74, 6) is 0. The maximum absolute atomic E-state index is 6.65. The van der Waals surface area contributed by atoms with Crippen molar-refractivity contribution in [1.29, 1.82) is 0 Å². The molecule has 0 bridgehead atoms. The molecule has 0 radical (unpaired) electrons. The first-order valence-corrected chi connectivity index (χ1v) is 22.0. The minimum atomic E-state index is -0.492. The number of rotatable bonds is 5. The van der Waals surface area contributed by atoms with Crippen molar-refractivity contribution >= 4 is 60.9 Å². The predicted octanol–water partition coefficient (Wildman–Crippen LogP) is 16.6. The fraction of sp³-hybridized carbons (Fsp3) is 0.0164. The van der Waals surface area contributed by atoms with Crippen LogP contribution in [0.1, 0.15) is 22.3 Å². The lowest BCUT2D eigenvalue weighted by Gasteiger charge is -2.30. The minimum absolute atomic E-state index is 0.492. The van der Waals surface area contributed by atoms with Gasteiger partial charge in [0.25, 0.3) is 0 Å². The summed E-state index contributed by atoms with van der Waals surface area (Å²) in [6.07, 6.45) is 0. The lowest BCUT2D eigenvalue weighted by molar-refractivity contribution is 0.668. The highest BCUT2D eigenvalue weighted by atomic mass is 16.3. The molecule has 3 nitrogen and oxygen atoms in total. The third kappa shape index (κ3) is 4.81. The topological polar surface area (TPSA) is 29.5 Å². The van der Waals surface area contributed by atoms with E-state index in [0.717, 1.165) is 61.1 Å². The molecule has 2 aromatic heterocycles. The Labute approximate surface area is 369 Å². The molecule has 0 fully saturated rings. The summed E-state index contributed by atoms with van der Waals surface area (Å²) >= 11 is 0. The van der Waals surface area contributed by atoms with Gasteiger partial charge in [-0.2, -0.15) is 0 Å². The largest absolute Gasteiger partial charge is 0.456 e. The fourth-order valence-electron chi connectivity index (χ4n) is 11.2. The van der Waals surface area contributed by atoms with Gasteiger partial charge in [-0.3, -0.25) is 0 Å². The van der Waals surface area contributed by atoms with E-state index in [2.05, 4.69) is 223 Å². The summed E-state index contributed by atoms with van der Waals surface area (Å²) < 4.78 is 13.1. The van der Waals surface area contributed by atoms with Crippen LogP contribution in [0.15, 0.2) is 233 Å². The second-order valence-electron chi connectivity index (χ2n) is 17.1. The minimum Gasteiger partial charge on any atom is -0.456 e. The summed E-state index contributed by atoms with van der Waals surface area (Å²) in [5.41, 5.74) is 21.2. The van der Waals surface area contributed by atoms with Crippen molar-refractivity contribution < 1.29 is 8.83 Å². The molecule has 14 rings (SSSR count). The maximum atomic E-state index is 6.65. The smallest absolute Gasteiger partial charge is 0.159 e. The quantitative estimate of drug-likeness (QED) is 0.173. The van der Waals surface area contributed by atoms with E-state index in [0.29, 0.717) is 0 Å². The number of para-hydroxylation sites is 3. The van der Waals surface area contributed by atoms with E-state index in [1.165, 1.54) is 66.6 Å². The molecular weight excluding hydrogens is 779 g/mol. The first-order chi connectivity index (χ1) is 31.7. The highest BCUT2D eigenvalue weighted by Crippen LogP contribution is 2.64. The molecule has 0 aliphatic heterocycles. The monoisotopic (exact) mass is 815 g/mol. The van der Waals surface area contributed by atoms with Gasteiger partial charge in [0.15, 0.2) is 5.58 Å². The van der Waals surface area contributed by atoms with Crippen LogP contribution in [-0.4, -0.2) is 0 Å². The van der Waals surface area contributed by atoms with Crippen LogP contribution < -0.4 is 4.90 Å². The van der Waals surface area contributed by atoms with Gasteiger partial charge in [0.2, 0.25) is 0 Å². The van der Waals surface area contributed by atoms with E-state index in [9.17, 15) is 0 Å². The normalized spacial score (nSPS) is 14.6. The van der Waals surface area contributed by atoms with Crippen LogP contribution in [0.4, 0.5) is 17.1 Å². The highest BCUT2D eigenvalue weighted by Gasteiger charge is 2.52. The van der Waals surface area contributed by atoms with E-state index in [4.69, 9.17) is 8.83 Å². The molecule has 0 saturated heterocycles. The van der Waals surface area contributed by atoms with E-state index in [1.54, 1.807) is 0 Å². The summed E-state index contributed by atoms with van der Waals surface area (Å²) in [6, 6.07) is 81.3. The molecule has 0 saturated carbocycles. The standard InChI is InChI=1S/C61H37NO2/c1-2-13-38(14-3-1)39-25-30-42(31-26-39)62(54-22-12-19-47-46-16-6-10-23-55(46)64-60(47)54)43-32-27-40(28-33-43)41-29-34-45-44-15-4-8-20-50(44)61(53(45)37-41)51-21-9-5-17-48(51)58-52(61)35-36-57-59(58)49-18-7-11-24-56(49)63-57/h1-37H. The van der Waals surface area contributed by atoms with E-state index in [-0.39, 0.29) is 0 Å². The van der Waals surface area contributed by atoms with Gasteiger partial charge < -0.3 is 13.7 Å². The van der Waals surface area contributed by atoms with Gasteiger partial charge in [0, 0.05) is 32.9 Å². The molecule has 10 aromatic carbocycles. The second kappa shape index (κ2) is 13.3. The van der Waals surface area contributed by atoms with Crippen molar-refractivity contribution in [2.45, 2.75) is 5.41 Å². The van der Waals surface area contributed by atoms with Crippen LogP contribution in [0.2, 0.25) is 0 Å². The number of furan rings is 2. The van der Waals surface area contributed by atoms with Crippen LogP contribution in [0.3, 0.4) is 0 Å². The van der Waals surface area contributed by atoms with Gasteiger partial charge in [-0.05, 0) is 121 Å². The van der Waals surface area contributed by atoms with E-state index < -0.39 is 5.41 Å². The molecule has 0 amide bonds. The Morgan fingerprint density at radius 2 is 0.891 bits per heavy atom. The summed E-state index contributed by atoms with van der Waals surface area (Å²) in [4.78, 5) is 2.32. The van der Waals surface area contributed by atoms with Gasteiger partial charge in [0.05, 0.1) is 11.1 Å². The number of anilines is 3. The zero-order valence-electron chi connectivity index (χ0n) is 34.6. The SMILES string of the molecule is c1ccc(-c2ccc(N(c3ccc(-c4ccc5c(c4)C4(c6ccccc6-5)c5ccccc5-c5c4ccc4oc6ccccc6c54)cc3)c3cccc4c3oc3ccccc34)cc2)cc1. The van der Waals surface area contributed by atoms with Gasteiger partial charge in [-0.1, -0.05) is 170 Å². The van der Waals surface area contributed by atoms with Crippen LogP contribution >= 0.6 is 0 Å². The van der Waals surface area contributed by atoms with E-state index in [1.807, 2.05) is 6.07 Å². The third-order valence-electron chi connectivity index (χ3n) is 13.9. The Hall–Kier alpha value is -8.40. The molecular formula is C61H37NO2. The zero-order chi connectivity index (χ0) is 41.9. The molecule has 3 heteroatoms. The number of benzene rings is 10. The Morgan fingerprint density at radius 1 is 0.328 bits per heavy atom. The molecule has 64 heavy (non-hydrogen) atoms. The molecule has 1 atom stereocenters. The van der Waals surface area contributed by atoms with E-state index >= 15 is 0 Å². The second-order valence-corrected chi connectivity index (χ2v) is 17.1. The molecule has 2 aliphatic rings. The third-order valence-corrected chi connectivity index (χ3v) is 13.9. The van der Waals surface area contributed by atoms with Crippen LogP contribution in [0.5, 0.6) is 0 Å². The number of hydrogen-bond acceptors (Lipinski definition) is 3. The Morgan fingerprint density at radius 3 is 1.66 bits per heavy atom. The lowest BCUT2D eigenvalue weighted by atomic mass is 9.70. The van der Waals surface area contributed by atoms with Crippen LogP contribution in [0.25, 0.3) is 88.4 Å². The van der Waals surface area contributed by atoms with Crippen LogP contribution in [0, 0.1) is 0 Å². The van der Waals surface area contributed by atoms with Crippen molar-refractivity contribution in [2.24, 2.45) is 0 Å². The van der Waals surface area contributed by atoms with Gasteiger partial charge in [-0.25, -0.2) is 0 Å². The zero-order valence-corrected chi connectivity index (χ0v) is 34.6. The van der Waals surface area contributed by atoms with Crippen molar-refractivity contribution in [3.05, 3.63) is 247 Å². The lowest BCUT2D eigenvalue weighted by Crippen LogP contribution is -2.25. The Kier molecular flexibility index (Phi) is 7.32. The fourth-order valence-corrected chi connectivity index (χ4v) is 11.2. The van der Waals surface area contributed by atoms with Crippen molar-refractivity contribution in [1.82, 2.24) is 0 Å². The average Bonchev–Trinajstić information content (AvgIpc) is 4.10. The highest BCUT2D eigenvalue weighted by molar-refractivity contribution is 6.16. The van der Waals surface area contributed by atoms with Gasteiger partial charge in [-0.15, -0.1) is 0 Å². The van der Waals surface area contributed by atoms with Gasteiger partial charge in [0.1, 0.15) is 16.7 Å². The van der Waals surface area contributed by atoms with Crippen LogP contribution in [-0.2, 0) is 5.41 Å². The van der Waals surface area contributed by atoms with Gasteiger partial charge >= 0.3 is 0 Å². The van der Waals surface area contributed by atoms with Crippen molar-refractivity contribution in [3.8, 4) is 44.5 Å². The predicted molar refractivity (Wildman–Crippen MR) is 263 cm³/mol. The average molecular weight is 816 g/mol. The number of hydrogen-bond donors (Lipinski definition) is 0. The summed E-state index contributed by atoms with van der Waals surface area (Å²) in [5, 5.41) is 4.55. The molecule has 298 valence electrons. The van der Waals surface area contributed by atoms with Crippen molar-refractivity contribution in [3.63, 3.8) is 0 Å². The maximum Gasteiger partial charge on any atom is 0.159 e. The summed E-state index contributed by atoms with van der Waals surface area (Å²) in [7, 11) is 0. The first kappa shape index (κ1) is 35.2. The Balaban J connectivity index is 0.934. The molecule has 1 unspecified atom stereocenters. The molecule has 12 aromatic rings. The number of fused-ring (bicyclic) bond motifs is 17. The summed E-state index contributed by atoms with van der Waals surface area (Å²) in [6.45, 7) is 0. The number of nitrogens with zero attached hydrogens (tertiary/aromatic N) is 1. The molecule has 0 N–H and O–H groups in total. The molecule has 2 aliphatic carbocycles. The molecule has 2 heterocycles. The first-order valence-electron chi connectivity index (χ1n) is 22.0. The van der Waals surface area contributed by atoms with Crippen molar-refractivity contribution in [2.75, 3.05) is 4.90 Å². The molecule has 1 spiro atoms. The Bertz CT molecular complexity index is 3840.